The molecule has 2 saturated heterocycles. The highest BCUT2D eigenvalue weighted by Gasteiger charge is 2.51. The fraction of sp³-hybridized carbons (Fsp3) is 0.905. The van der Waals surface area contributed by atoms with Crippen LogP contribution in [0.4, 0.5) is 0 Å². The van der Waals surface area contributed by atoms with Crippen molar-refractivity contribution in [3.8, 4) is 0 Å². The number of methoxy groups -OCH3 is 1. The third kappa shape index (κ3) is 8.01. The molecule has 2 heterocycles. The zero-order chi connectivity index (χ0) is 26.1. The first-order valence-corrected chi connectivity index (χ1v) is 11.5. The first-order chi connectivity index (χ1) is 16.6. The summed E-state index contributed by atoms with van der Waals surface area (Å²) < 4.78 is 26.9. The van der Waals surface area contributed by atoms with Gasteiger partial charge in [0.15, 0.2) is 12.6 Å². The van der Waals surface area contributed by atoms with Gasteiger partial charge in [0.25, 0.3) is 0 Å². The molecule has 204 valence electrons. The van der Waals surface area contributed by atoms with Crippen LogP contribution in [0.2, 0.25) is 0 Å². The van der Waals surface area contributed by atoms with Crippen molar-refractivity contribution in [3.63, 3.8) is 0 Å². The molecule has 2 rings (SSSR count). The normalized spacial score (nSPS) is 37.6. The molecule has 0 aliphatic carbocycles. The fourth-order valence-corrected chi connectivity index (χ4v) is 3.95. The van der Waals surface area contributed by atoms with Crippen molar-refractivity contribution in [2.75, 3.05) is 26.9 Å². The number of carbonyl (C=O) groups is 2. The third-order valence-corrected chi connectivity index (χ3v) is 5.90. The van der Waals surface area contributed by atoms with Crippen molar-refractivity contribution < 1.29 is 63.9 Å². The quantitative estimate of drug-likeness (QED) is 0.100. The molecular formula is C21H37NO13. The standard InChI is InChI=1S/C21H37NO13/c1-10(25)22-14-16(28)19(35-21-18(30)17(29)15(27)11(8-23)33-21)12(9-24)34-20(14)32-7-5-3-4-6-13(26)31-2/h11-12,14-21,23-24,27-30H,3-9H2,1-2H3,(H,22,25)/t11-,12-,14-,15+,16-,17+,18-,19-,20-,21+/m1/s1. The van der Waals surface area contributed by atoms with Gasteiger partial charge in [0.05, 0.1) is 20.3 Å². The first-order valence-electron chi connectivity index (χ1n) is 11.5. The van der Waals surface area contributed by atoms with Gasteiger partial charge >= 0.3 is 5.97 Å². The topological polar surface area (TPSA) is 214 Å². The molecule has 0 bridgehead atoms. The number of carbonyl (C=O) groups excluding carboxylic acids is 2. The van der Waals surface area contributed by atoms with Crippen molar-refractivity contribution in [1.82, 2.24) is 5.32 Å². The number of nitrogens with one attached hydrogen (secondary N) is 1. The molecule has 0 unspecified atom stereocenters. The minimum atomic E-state index is -1.74. The van der Waals surface area contributed by atoms with Crippen LogP contribution in [0.5, 0.6) is 0 Å². The van der Waals surface area contributed by atoms with Gasteiger partial charge in [0, 0.05) is 20.0 Å². The van der Waals surface area contributed by atoms with Crippen molar-refractivity contribution in [2.45, 2.75) is 94.0 Å². The SMILES string of the molecule is COC(=O)CCCCCO[C@@H]1O[C@H](CO)[C@@H](O[C@@H]2O[C@H](CO)[C@H](O)[C@H](O)[C@H]2O)[C@H](O)[C@H]1NC(C)=O. The fourth-order valence-electron chi connectivity index (χ4n) is 3.95. The number of rotatable bonds is 12. The Labute approximate surface area is 202 Å². The lowest BCUT2D eigenvalue weighted by Crippen LogP contribution is -2.67. The first kappa shape index (κ1) is 29.8. The Morgan fingerprint density at radius 3 is 2.11 bits per heavy atom. The lowest BCUT2D eigenvalue weighted by atomic mass is 9.95. The van der Waals surface area contributed by atoms with Crippen LogP contribution in [0.25, 0.3) is 0 Å². The Balaban J connectivity index is 2.04. The van der Waals surface area contributed by atoms with Crippen LogP contribution in [-0.2, 0) is 33.3 Å². The Hall–Kier alpha value is -1.46. The summed E-state index contributed by atoms with van der Waals surface area (Å²) >= 11 is 0. The molecule has 14 nitrogen and oxygen atoms in total. The molecule has 35 heavy (non-hydrogen) atoms. The Morgan fingerprint density at radius 2 is 1.51 bits per heavy atom. The molecule has 0 aromatic carbocycles. The van der Waals surface area contributed by atoms with Gasteiger partial charge in [-0.2, -0.15) is 0 Å². The minimum Gasteiger partial charge on any atom is -0.469 e. The lowest BCUT2D eigenvalue weighted by molar-refractivity contribution is -0.348. The van der Waals surface area contributed by atoms with E-state index in [9.17, 15) is 40.2 Å². The van der Waals surface area contributed by atoms with E-state index < -0.39 is 80.5 Å². The lowest BCUT2D eigenvalue weighted by Gasteiger charge is -2.47. The largest absolute Gasteiger partial charge is 0.469 e. The molecule has 2 aliphatic heterocycles. The molecule has 7 N–H and O–H groups in total. The summed E-state index contributed by atoms with van der Waals surface area (Å²) in [7, 11) is 1.31. The van der Waals surface area contributed by atoms with Gasteiger partial charge in [0.1, 0.15) is 48.8 Å². The monoisotopic (exact) mass is 511 g/mol. The van der Waals surface area contributed by atoms with Gasteiger partial charge in [0.2, 0.25) is 5.91 Å². The van der Waals surface area contributed by atoms with Crippen LogP contribution in [0.3, 0.4) is 0 Å². The molecule has 2 aliphatic rings. The second-order valence-electron chi connectivity index (χ2n) is 8.50. The Morgan fingerprint density at radius 1 is 0.857 bits per heavy atom. The van der Waals surface area contributed by atoms with E-state index >= 15 is 0 Å². The molecule has 1 amide bonds. The molecule has 14 heteroatoms. The van der Waals surface area contributed by atoms with Crippen molar-refractivity contribution in [1.29, 1.82) is 0 Å². The van der Waals surface area contributed by atoms with E-state index in [0.29, 0.717) is 19.3 Å². The van der Waals surface area contributed by atoms with Gasteiger partial charge in [-0.15, -0.1) is 0 Å². The molecule has 0 spiro atoms. The number of aliphatic hydroxyl groups excluding tert-OH is 6. The van der Waals surface area contributed by atoms with Crippen LogP contribution in [0, 0.1) is 0 Å². The average Bonchev–Trinajstić information content (AvgIpc) is 2.84. The van der Waals surface area contributed by atoms with Crippen LogP contribution < -0.4 is 5.32 Å². The smallest absolute Gasteiger partial charge is 0.305 e. The molecule has 0 aromatic heterocycles. The van der Waals surface area contributed by atoms with Gasteiger partial charge in [-0.05, 0) is 12.8 Å². The number of unbranched alkanes of at least 4 members (excludes halogenated alkanes) is 2. The highest BCUT2D eigenvalue weighted by molar-refractivity contribution is 5.73. The predicted molar refractivity (Wildman–Crippen MR) is 114 cm³/mol. The average molecular weight is 512 g/mol. The third-order valence-electron chi connectivity index (χ3n) is 5.90. The number of hydrogen-bond donors (Lipinski definition) is 7. The number of aliphatic hydroxyl groups is 6. The summed E-state index contributed by atoms with van der Waals surface area (Å²) in [6.07, 6.45) is -11.0. The number of amides is 1. The van der Waals surface area contributed by atoms with Crippen LogP contribution in [0.1, 0.15) is 32.6 Å². The van der Waals surface area contributed by atoms with Crippen molar-refractivity contribution in [3.05, 3.63) is 0 Å². The van der Waals surface area contributed by atoms with E-state index in [2.05, 4.69) is 10.1 Å². The highest BCUT2D eigenvalue weighted by Crippen LogP contribution is 2.29. The van der Waals surface area contributed by atoms with Gasteiger partial charge in [-0.1, -0.05) is 6.42 Å². The predicted octanol–water partition coefficient (Wildman–Crippen LogP) is -3.50. The molecule has 10 atom stereocenters. The van der Waals surface area contributed by atoms with Crippen molar-refractivity contribution >= 4 is 11.9 Å². The van der Waals surface area contributed by atoms with Crippen LogP contribution >= 0.6 is 0 Å². The zero-order valence-electron chi connectivity index (χ0n) is 19.8. The summed E-state index contributed by atoms with van der Waals surface area (Å²) in [6, 6.07) is -1.12. The minimum absolute atomic E-state index is 0.172. The maximum Gasteiger partial charge on any atom is 0.305 e. The van der Waals surface area contributed by atoms with E-state index in [1.807, 2.05) is 0 Å². The highest BCUT2D eigenvalue weighted by atomic mass is 16.7. The number of esters is 1. The van der Waals surface area contributed by atoms with Gasteiger partial charge in [-0.3, -0.25) is 9.59 Å². The maximum atomic E-state index is 11.8. The van der Waals surface area contributed by atoms with E-state index in [1.54, 1.807) is 0 Å². The molecular weight excluding hydrogens is 474 g/mol. The van der Waals surface area contributed by atoms with E-state index in [4.69, 9.17) is 18.9 Å². The van der Waals surface area contributed by atoms with Gasteiger partial charge < -0.3 is 59.6 Å². The molecule has 0 aromatic rings. The second-order valence-corrected chi connectivity index (χ2v) is 8.50. The summed E-state index contributed by atoms with van der Waals surface area (Å²) in [5, 5.41) is 62.9. The number of hydrogen-bond acceptors (Lipinski definition) is 13. The molecule has 0 saturated carbocycles. The Kier molecular flexibility index (Phi) is 12.2. The molecule has 2 fully saturated rings. The van der Waals surface area contributed by atoms with E-state index in [-0.39, 0.29) is 19.0 Å². The summed E-state index contributed by atoms with van der Waals surface area (Å²) in [5.41, 5.74) is 0. The molecule has 0 radical (unpaired) electrons. The second kappa shape index (κ2) is 14.3. The van der Waals surface area contributed by atoms with Crippen LogP contribution in [0.15, 0.2) is 0 Å². The van der Waals surface area contributed by atoms with E-state index in [0.717, 1.165) is 0 Å². The van der Waals surface area contributed by atoms with Crippen molar-refractivity contribution in [2.24, 2.45) is 0 Å². The van der Waals surface area contributed by atoms with E-state index in [1.165, 1.54) is 14.0 Å². The summed E-state index contributed by atoms with van der Waals surface area (Å²) in [5.74, 6) is -0.815. The zero-order valence-corrected chi connectivity index (χ0v) is 19.8. The number of ether oxygens (including phenoxy) is 5. The summed E-state index contributed by atoms with van der Waals surface area (Å²) in [6.45, 7) is 0.0835. The van der Waals surface area contributed by atoms with Gasteiger partial charge in [-0.25, -0.2) is 0 Å². The maximum absolute atomic E-state index is 11.8. The summed E-state index contributed by atoms with van der Waals surface area (Å²) in [4.78, 5) is 22.9. The van der Waals surface area contributed by atoms with Crippen LogP contribution in [-0.4, -0.2) is 131 Å². The Bertz CT molecular complexity index is 665.